The van der Waals surface area contributed by atoms with Gasteiger partial charge < -0.3 is 4.90 Å². The van der Waals surface area contributed by atoms with Crippen molar-refractivity contribution in [3.63, 3.8) is 0 Å². The Hall–Kier alpha value is -0.0400. The normalized spacial score (nSPS) is 28.1. The quantitative estimate of drug-likeness (QED) is 0.653. The highest BCUT2D eigenvalue weighted by Crippen LogP contribution is 2.32. The largest absolute Gasteiger partial charge is 0.306 e. The van der Waals surface area contributed by atoms with E-state index in [1.54, 1.807) is 6.42 Å². The minimum absolute atomic E-state index is 1.06. The molecule has 0 aromatic carbocycles. The summed E-state index contributed by atoms with van der Waals surface area (Å²) in [7, 11) is 2.26. The monoisotopic (exact) mass is 195 g/mol. The molecule has 1 saturated heterocycles. The summed E-state index contributed by atoms with van der Waals surface area (Å²) in [5.41, 5.74) is 0. The molecule has 82 valence electrons. The minimum atomic E-state index is 1.06. The van der Waals surface area contributed by atoms with Gasteiger partial charge in [0.1, 0.15) is 0 Å². The van der Waals surface area contributed by atoms with Crippen LogP contribution in [0.2, 0.25) is 0 Å². The highest BCUT2D eigenvalue weighted by molar-refractivity contribution is 4.75. The van der Waals surface area contributed by atoms with E-state index in [2.05, 4.69) is 11.9 Å². The second kappa shape index (κ2) is 5.16. The highest BCUT2D eigenvalue weighted by atomic mass is 15.1. The zero-order valence-electron chi connectivity index (χ0n) is 9.67. The molecule has 0 bridgehead atoms. The number of hydrogen-bond donors (Lipinski definition) is 0. The van der Waals surface area contributed by atoms with E-state index in [1.807, 2.05) is 0 Å². The smallest absolute Gasteiger partial charge is 0.00191 e. The van der Waals surface area contributed by atoms with Crippen molar-refractivity contribution in [1.29, 1.82) is 0 Å². The molecule has 2 aliphatic rings. The molecule has 1 aliphatic carbocycles. The molecule has 0 atom stereocenters. The summed E-state index contributed by atoms with van der Waals surface area (Å²) in [4.78, 5) is 2.48. The molecule has 1 heterocycles. The summed E-state index contributed by atoms with van der Waals surface area (Å²) in [5.74, 6) is 2.16. The topological polar surface area (TPSA) is 3.24 Å². The van der Waals surface area contributed by atoms with E-state index >= 15 is 0 Å². The Balaban J connectivity index is 1.68. The Labute approximate surface area is 88.9 Å². The number of likely N-dealkylation sites (tertiary alicyclic amines) is 1. The van der Waals surface area contributed by atoms with Crippen molar-refractivity contribution >= 4 is 0 Å². The van der Waals surface area contributed by atoms with Crippen LogP contribution >= 0.6 is 0 Å². The predicted octanol–water partition coefficient (Wildman–Crippen LogP) is 3.30. The van der Waals surface area contributed by atoms with Crippen LogP contribution in [0.5, 0.6) is 0 Å². The number of piperidine rings is 1. The average Bonchev–Trinajstić information content (AvgIpc) is 2.23. The van der Waals surface area contributed by atoms with E-state index in [9.17, 15) is 0 Å². The van der Waals surface area contributed by atoms with Crippen LogP contribution in [-0.4, -0.2) is 25.0 Å². The predicted molar refractivity (Wildman–Crippen MR) is 61.4 cm³/mol. The SMILES string of the molecule is CN1CCC(CC2CCCCC2)CC1. The van der Waals surface area contributed by atoms with Gasteiger partial charge in [-0.2, -0.15) is 0 Å². The van der Waals surface area contributed by atoms with Crippen LogP contribution in [0.3, 0.4) is 0 Å². The van der Waals surface area contributed by atoms with Crippen LogP contribution in [0.4, 0.5) is 0 Å². The number of hydrogen-bond acceptors (Lipinski definition) is 1. The number of rotatable bonds is 2. The first-order valence-corrected chi connectivity index (χ1v) is 6.53. The lowest BCUT2D eigenvalue weighted by atomic mass is 9.80. The fourth-order valence-electron chi connectivity index (χ4n) is 3.19. The summed E-state index contributed by atoms with van der Waals surface area (Å²) >= 11 is 0. The van der Waals surface area contributed by atoms with Crippen LogP contribution < -0.4 is 0 Å². The second-order valence-corrected chi connectivity index (χ2v) is 5.49. The lowest BCUT2D eigenvalue weighted by molar-refractivity contribution is 0.181. The maximum Gasteiger partial charge on any atom is -0.00191 e. The molecule has 1 nitrogen and oxygen atoms in total. The van der Waals surface area contributed by atoms with Gasteiger partial charge in [0.05, 0.1) is 0 Å². The zero-order valence-corrected chi connectivity index (χ0v) is 9.67. The molecule has 0 aromatic rings. The van der Waals surface area contributed by atoms with Crippen molar-refractivity contribution in [1.82, 2.24) is 4.90 Å². The second-order valence-electron chi connectivity index (χ2n) is 5.49. The third kappa shape index (κ3) is 2.98. The molecule has 2 fully saturated rings. The van der Waals surface area contributed by atoms with E-state index in [4.69, 9.17) is 0 Å². The molecule has 2 rings (SSSR count). The molecule has 1 aliphatic heterocycles. The van der Waals surface area contributed by atoms with Gasteiger partial charge in [0.2, 0.25) is 0 Å². The Morgan fingerprint density at radius 1 is 0.857 bits per heavy atom. The molecule has 1 heteroatoms. The molecule has 1 saturated carbocycles. The Bertz CT molecular complexity index is 153. The van der Waals surface area contributed by atoms with Gasteiger partial charge in [0.15, 0.2) is 0 Å². The van der Waals surface area contributed by atoms with Gasteiger partial charge in [0, 0.05) is 0 Å². The van der Waals surface area contributed by atoms with Gasteiger partial charge in [-0.3, -0.25) is 0 Å². The zero-order chi connectivity index (χ0) is 9.80. The van der Waals surface area contributed by atoms with Gasteiger partial charge >= 0.3 is 0 Å². The van der Waals surface area contributed by atoms with E-state index < -0.39 is 0 Å². The van der Waals surface area contributed by atoms with Crippen molar-refractivity contribution in [2.75, 3.05) is 20.1 Å². The molecule has 0 radical (unpaired) electrons. The lowest BCUT2D eigenvalue weighted by Gasteiger charge is -2.32. The molecule has 0 amide bonds. The van der Waals surface area contributed by atoms with Crippen molar-refractivity contribution in [3.05, 3.63) is 0 Å². The van der Waals surface area contributed by atoms with Crippen molar-refractivity contribution in [2.45, 2.75) is 51.4 Å². The first-order chi connectivity index (χ1) is 6.84. The van der Waals surface area contributed by atoms with Crippen molar-refractivity contribution in [2.24, 2.45) is 11.8 Å². The van der Waals surface area contributed by atoms with E-state index in [0.29, 0.717) is 0 Å². The van der Waals surface area contributed by atoms with Gasteiger partial charge in [-0.15, -0.1) is 0 Å². The van der Waals surface area contributed by atoms with Gasteiger partial charge in [0.25, 0.3) is 0 Å². The Kier molecular flexibility index (Phi) is 3.86. The van der Waals surface area contributed by atoms with E-state index in [1.165, 1.54) is 58.0 Å². The summed E-state index contributed by atoms with van der Waals surface area (Å²) in [6, 6.07) is 0. The summed E-state index contributed by atoms with van der Waals surface area (Å²) in [6.45, 7) is 2.69. The van der Waals surface area contributed by atoms with Crippen molar-refractivity contribution < 1.29 is 0 Å². The summed E-state index contributed by atoms with van der Waals surface area (Å²) in [6.07, 6.45) is 12.1. The van der Waals surface area contributed by atoms with Crippen LogP contribution in [0.25, 0.3) is 0 Å². The third-order valence-corrected chi connectivity index (χ3v) is 4.23. The highest BCUT2D eigenvalue weighted by Gasteiger charge is 2.21. The van der Waals surface area contributed by atoms with Crippen LogP contribution in [0.1, 0.15) is 51.4 Å². The number of nitrogens with zero attached hydrogens (tertiary/aromatic N) is 1. The third-order valence-electron chi connectivity index (χ3n) is 4.23. The molecule has 0 aromatic heterocycles. The summed E-state index contributed by atoms with van der Waals surface area (Å²) in [5, 5.41) is 0. The molecular formula is C13H25N. The fourth-order valence-corrected chi connectivity index (χ4v) is 3.19. The molecular weight excluding hydrogens is 170 g/mol. The Morgan fingerprint density at radius 2 is 1.43 bits per heavy atom. The fraction of sp³-hybridized carbons (Fsp3) is 1.00. The van der Waals surface area contributed by atoms with E-state index in [-0.39, 0.29) is 0 Å². The first-order valence-electron chi connectivity index (χ1n) is 6.53. The molecule has 0 unspecified atom stereocenters. The molecule has 14 heavy (non-hydrogen) atoms. The molecule has 0 spiro atoms. The van der Waals surface area contributed by atoms with Crippen LogP contribution in [0, 0.1) is 11.8 Å². The minimum Gasteiger partial charge on any atom is -0.306 e. The summed E-state index contributed by atoms with van der Waals surface area (Å²) < 4.78 is 0. The maximum atomic E-state index is 2.48. The molecule has 0 N–H and O–H groups in total. The van der Waals surface area contributed by atoms with Gasteiger partial charge in [-0.25, -0.2) is 0 Å². The Morgan fingerprint density at radius 3 is 2.07 bits per heavy atom. The van der Waals surface area contributed by atoms with Gasteiger partial charge in [-0.05, 0) is 51.2 Å². The van der Waals surface area contributed by atoms with Gasteiger partial charge in [-0.1, -0.05) is 32.1 Å². The average molecular weight is 195 g/mol. The van der Waals surface area contributed by atoms with Crippen LogP contribution in [0.15, 0.2) is 0 Å². The van der Waals surface area contributed by atoms with Crippen molar-refractivity contribution in [3.8, 4) is 0 Å². The first kappa shape index (κ1) is 10.5. The van der Waals surface area contributed by atoms with E-state index in [0.717, 1.165) is 11.8 Å². The standard InChI is InChI=1S/C13H25N/c1-14-9-7-13(8-10-14)11-12-5-3-2-4-6-12/h12-13H,2-11H2,1H3. The maximum absolute atomic E-state index is 2.48. The lowest BCUT2D eigenvalue weighted by Crippen LogP contribution is -2.31. The van der Waals surface area contributed by atoms with Crippen LogP contribution in [-0.2, 0) is 0 Å².